The topological polar surface area (TPSA) is 64.7 Å². The van der Waals surface area contributed by atoms with Crippen molar-refractivity contribution < 1.29 is 14.6 Å². The monoisotopic (exact) mass is 273 g/mol. The summed E-state index contributed by atoms with van der Waals surface area (Å²) in [5.41, 5.74) is 7.38. The molecule has 0 amide bonds. The molecule has 4 heteroatoms. The second-order valence-corrected chi connectivity index (χ2v) is 4.43. The van der Waals surface area contributed by atoms with E-state index in [4.69, 9.17) is 15.2 Å². The quantitative estimate of drug-likeness (QED) is 0.847. The number of nitrogens with two attached hydrogens (primary N) is 1. The lowest BCUT2D eigenvalue weighted by molar-refractivity contribution is 0.106. The fourth-order valence-electron chi connectivity index (χ4n) is 1.90. The summed E-state index contributed by atoms with van der Waals surface area (Å²) in [7, 11) is 1.58. The molecule has 3 N–H and O–H groups in total. The van der Waals surface area contributed by atoms with Gasteiger partial charge in [-0.3, -0.25) is 0 Å². The predicted octanol–water partition coefficient (Wildman–Crippen LogP) is 2.27. The minimum atomic E-state index is -0.671. The summed E-state index contributed by atoms with van der Waals surface area (Å²) in [4.78, 5) is 0. The van der Waals surface area contributed by atoms with Gasteiger partial charge in [0.05, 0.1) is 7.11 Å². The smallest absolute Gasteiger partial charge is 0.161 e. The number of hydrogen-bond donors (Lipinski definition) is 2. The van der Waals surface area contributed by atoms with Gasteiger partial charge in [0.25, 0.3) is 0 Å². The minimum Gasteiger partial charge on any atom is -0.493 e. The maximum Gasteiger partial charge on any atom is 0.161 e. The van der Waals surface area contributed by atoms with Gasteiger partial charge < -0.3 is 20.3 Å². The molecule has 0 heterocycles. The molecule has 0 fully saturated rings. The highest BCUT2D eigenvalue weighted by Crippen LogP contribution is 2.29. The third kappa shape index (κ3) is 3.50. The Balaban J connectivity index is 2.03. The number of aliphatic hydroxyl groups is 1. The Labute approximate surface area is 118 Å². The maximum atomic E-state index is 10.1. The van der Waals surface area contributed by atoms with E-state index in [0.29, 0.717) is 18.0 Å². The van der Waals surface area contributed by atoms with Crippen molar-refractivity contribution in [1.29, 1.82) is 0 Å². The van der Waals surface area contributed by atoms with Crippen molar-refractivity contribution in [3.8, 4) is 11.5 Å². The van der Waals surface area contributed by atoms with Crippen LogP contribution in [0.25, 0.3) is 0 Å². The number of benzene rings is 2. The molecule has 4 nitrogen and oxygen atoms in total. The first-order chi connectivity index (χ1) is 9.74. The molecule has 0 saturated heterocycles. The van der Waals surface area contributed by atoms with Crippen molar-refractivity contribution in [3.05, 3.63) is 59.7 Å². The van der Waals surface area contributed by atoms with Crippen molar-refractivity contribution in [1.82, 2.24) is 0 Å². The average Bonchev–Trinajstić information content (AvgIpc) is 2.53. The van der Waals surface area contributed by atoms with Crippen LogP contribution in [-0.2, 0) is 6.54 Å². The molecule has 0 aliphatic rings. The van der Waals surface area contributed by atoms with E-state index in [1.165, 1.54) is 0 Å². The van der Waals surface area contributed by atoms with E-state index in [1.54, 1.807) is 13.2 Å². The van der Waals surface area contributed by atoms with Gasteiger partial charge in [0.15, 0.2) is 11.5 Å². The molecule has 1 atom stereocenters. The molecule has 2 aromatic carbocycles. The van der Waals surface area contributed by atoms with Crippen molar-refractivity contribution in [3.63, 3.8) is 0 Å². The number of hydrogen-bond acceptors (Lipinski definition) is 4. The van der Waals surface area contributed by atoms with Gasteiger partial charge in [-0.25, -0.2) is 0 Å². The predicted molar refractivity (Wildman–Crippen MR) is 77.8 cm³/mol. The third-order valence-electron chi connectivity index (χ3n) is 3.04. The normalized spacial score (nSPS) is 11.9. The molecular formula is C16H19NO3. The highest BCUT2D eigenvalue weighted by atomic mass is 16.5. The Morgan fingerprint density at radius 2 is 1.85 bits per heavy atom. The van der Waals surface area contributed by atoms with Crippen molar-refractivity contribution in [2.45, 2.75) is 12.6 Å². The number of rotatable bonds is 6. The summed E-state index contributed by atoms with van der Waals surface area (Å²) in [5.74, 6) is 1.22. The van der Waals surface area contributed by atoms with Crippen LogP contribution in [0.3, 0.4) is 0 Å². The van der Waals surface area contributed by atoms with Crippen LogP contribution < -0.4 is 15.2 Å². The molecule has 2 rings (SSSR count). The minimum absolute atomic E-state index is 0.169. The van der Waals surface area contributed by atoms with E-state index in [9.17, 15) is 5.11 Å². The zero-order valence-electron chi connectivity index (χ0n) is 11.5. The van der Waals surface area contributed by atoms with Crippen molar-refractivity contribution in [2.75, 3.05) is 13.7 Å². The molecule has 0 aliphatic heterocycles. The summed E-state index contributed by atoms with van der Waals surface area (Å²) in [6.07, 6.45) is -0.671. The van der Waals surface area contributed by atoms with Crippen LogP contribution in [0.5, 0.6) is 11.5 Å². The number of ether oxygens (including phenoxy) is 2. The van der Waals surface area contributed by atoms with Crippen LogP contribution in [0.1, 0.15) is 17.2 Å². The van der Waals surface area contributed by atoms with Crippen molar-refractivity contribution in [2.24, 2.45) is 5.73 Å². The highest BCUT2D eigenvalue weighted by molar-refractivity contribution is 5.43. The molecule has 0 radical (unpaired) electrons. The van der Waals surface area contributed by atoms with E-state index >= 15 is 0 Å². The zero-order chi connectivity index (χ0) is 14.4. The standard InChI is InChI=1S/C16H19NO3/c1-19-16-9-12(10-17)7-8-15(16)20-11-14(18)13-5-3-2-4-6-13/h2-9,14,18H,10-11,17H2,1H3. The Morgan fingerprint density at radius 3 is 2.50 bits per heavy atom. The molecular weight excluding hydrogens is 254 g/mol. The Kier molecular flexibility index (Phi) is 4.98. The van der Waals surface area contributed by atoms with Crippen molar-refractivity contribution >= 4 is 0 Å². The number of aliphatic hydroxyl groups excluding tert-OH is 1. The first-order valence-corrected chi connectivity index (χ1v) is 6.47. The Bertz CT molecular complexity index is 543. The van der Waals surface area contributed by atoms with Gasteiger partial charge >= 0.3 is 0 Å². The summed E-state index contributed by atoms with van der Waals surface area (Å²) in [6, 6.07) is 14.9. The molecule has 0 spiro atoms. The third-order valence-corrected chi connectivity index (χ3v) is 3.04. The van der Waals surface area contributed by atoms with Crippen LogP contribution in [-0.4, -0.2) is 18.8 Å². The summed E-state index contributed by atoms with van der Waals surface area (Å²) in [5, 5.41) is 10.1. The van der Waals surface area contributed by atoms with Gasteiger partial charge in [0.1, 0.15) is 12.7 Å². The van der Waals surface area contributed by atoms with Gasteiger partial charge in [0.2, 0.25) is 0 Å². The molecule has 0 aromatic heterocycles. The fourth-order valence-corrected chi connectivity index (χ4v) is 1.90. The largest absolute Gasteiger partial charge is 0.493 e. The first kappa shape index (κ1) is 14.4. The SMILES string of the molecule is COc1cc(CN)ccc1OCC(O)c1ccccc1. The maximum absolute atomic E-state index is 10.1. The van der Waals surface area contributed by atoms with E-state index in [1.807, 2.05) is 42.5 Å². The van der Waals surface area contributed by atoms with E-state index in [-0.39, 0.29) is 6.61 Å². The number of methoxy groups -OCH3 is 1. The zero-order valence-corrected chi connectivity index (χ0v) is 11.5. The fraction of sp³-hybridized carbons (Fsp3) is 0.250. The first-order valence-electron chi connectivity index (χ1n) is 6.47. The van der Waals surface area contributed by atoms with Crippen LogP contribution in [0.15, 0.2) is 48.5 Å². The molecule has 0 aliphatic carbocycles. The molecule has 2 aromatic rings. The highest BCUT2D eigenvalue weighted by Gasteiger charge is 2.10. The van der Waals surface area contributed by atoms with E-state index in [2.05, 4.69) is 0 Å². The summed E-state index contributed by atoms with van der Waals surface area (Å²) in [6.45, 7) is 0.617. The average molecular weight is 273 g/mol. The molecule has 20 heavy (non-hydrogen) atoms. The lowest BCUT2D eigenvalue weighted by atomic mass is 10.1. The second-order valence-electron chi connectivity index (χ2n) is 4.43. The van der Waals surface area contributed by atoms with Crippen LogP contribution in [0, 0.1) is 0 Å². The van der Waals surface area contributed by atoms with Crippen LogP contribution in [0.2, 0.25) is 0 Å². The molecule has 0 saturated carbocycles. The van der Waals surface area contributed by atoms with Gasteiger partial charge in [-0.2, -0.15) is 0 Å². The van der Waals surface area contributed by atoms with E-state index < -0.39 is 6.10 Å². The second kappa shape index (κ2) is 6.93. The summed E-state index contributed by atoms with van der Waals surface area (Å²) < 4.78 is 10.9. The van der Waals surface area contributed by atoms with Gasteiger partial charge in [-0.1, -0.05) is 36.4 Å². The summed E-state index contributed by atoms with van der Waals surface area (Å²) >= 11 is 0. The lowest BCUT2D eigenvalue weighted by Crippen LogP contribution is -2.10. The van der Waals surface area contributed by atoms with Gasteiger partial charge in [-0.15, -0.1) is 0 Å². The Hall–Kier alpha value is -2.04. The molecule has 106 valence electrons. The van der Waals surface area contributed by atoms with Crippen LogP contribution >= 0.6 is 0 Å². The van der Waals surface area contributed by atoms with Gasteiger partial charge in [0, 0.05) is 6.54 Å². The Morgan fingerprint density at radius 1 is 1.10 bits per heavy atom. The lowest BCUT2D eigenvalue weighted by Gasteiger charge is -2.15. The van der Waals surface area contributed by atoms with Gasteiger partial charge in [-0.05, 0) is 23.3 Å². The molecule has 0 bridgehead atoms. The molecule has 1 unspecified atom stereocenters. The van der Waals surface area contributed by atoms with Crippen LogP contribution in [0.4, 0.5) is 0 Å². The van der Waals surface area contributed by atoms with E-state index in [0.717, 1.165) is 11.1 Å².